The summed E-state index contributed by atoms with van der Waals surface area (Å²) >= 11 is 0. The fourth-order valence-corrected chi connectivity index (χ4v) is 2.02. The monoisotopic (exact) mass is 270 g/mol. The predicted octanol–water partition coefficient (Wildman–Crippen LogP) is 2.39. The molecule has 4 nitrogen and oxygen atoms in total. The van der Waals surface area contributed by atoms with E-state index in [1.807, 2.05) is 24.3 Å². The molecule has 0 saturated carbocycles. The average Bonchev–Trinajstić information content (AvgIpc) is 2.85. The number of benzene rings is 1. The molecule has 0 radical (unpaired) electrons. The van der Waals surface area contributed by atoms with Crippen molar-refractivity contribution in [2.75, 3.05) is 26.2 Å². The Morgan fingerprint density at radius 3 is 2.50 bits per heavy atom. The Kier molecular flexibility index (Phi) is 6.54. The van der Waals surface area contributed by atoms with Crippen molar-refractivity contribution in [1.82, 2.24) is 4.90 Å². The van der Waals surface area contributed by atoms with E-state index in [0.29, 0.717) is 0 Å². The number of ether oxygens (including phenoxy) is 1. The first kappa shape index (κ1) is 14.8. The van der Waals surface area contributed by atoms with E-state index in [4.69, 9.17) is 9.94 Å². The molecule has 0 atom stereocenters. The predicted molar refractivity (Wildman–Crippen MR) is 74.2 cm³/mol. The fourth-order valence-electron chi connectivity index (χ4n) is 2.02. The van der Waals surface area contributed by atoms with Crippen molar-refractivity contribution in [3.8, 4) is 5.75 Å². The zero-order chi connectivity index (χ0) is 11.9. The van der Waals surface area contributed by atoms with E-state index >= 15 is 0 Å². The second-order valence-corrected chi connectivity index (χ2v) is 4.21. The lowest BCUT2D eigenvalue weighted by molar-refractivity contribution is 0.238. The molecule has 0 unspecified atom stereocenters. The largest absolute Gasteiger partial charge is 0.492 e. The van der Waals surface area contributed by atoms with Gasteiger partial charge >= 0.3 is 0 Å². The van der Waals surface area contributed by atoms with Gasteiger partial charge in [0.25, 0.3) is 0 Å². The van der Waals surface area contributed by atoms with Crippen LogP contribution in [0, 0.1) is 0 Å². The van der Waals surface area contributed by atoms with Crippen molar-refractivity contribution in [2.24, 2.45) is 5.16 Å². The number of rotatable bonds is 5. The molecular weight excluding hydrogens is 252 g/mol. The molecule has 1 fully saturated rings. The molecule has 1 aromatic rings. The van der Waals surface area contributed by atoms with Crippen LogP contribution in [0.15, 0.2) is 29.4 Å². The van der Waals surface area contributed by atoms with E-state index in [2.05, 4.69) is 10.1 Å². The molecule has 100 valence electrons. The molecule has 0 spiro atoms. The average molecular weight is 271 g/mol. The minimum absolute atomic E-state index is 0. The number of halogens is 1. The highest BCUT2D eigenvalue weighted by Crippen LogP contribution is 2.12. The molecule has 1 saturated heterocycles. The van der Waals surface area contributed by atoms with Crippen molar-refractivity contribution in [2.45, 2.75) is 12.8 Å². The summed E-state index contributed by atoms with van der Waals surface area (Å²) < 4.78 is 5.65. The molecule has 0 aliphatic carbocycles. The summed E-state index contributed by atoms with van der Waals surface area (Å²) in [6, 6.07) is 7.51. The third kappa shape index (κ3) is 4.55. The molecule has 0 aromatic heterocycles. The zero-order valence-electron chi connectivity index (χ0n) is 10.3. The highest BCUT2D eigenvalue weighted by molar-refractivity contribution is 5.85. The van der Waals surface area contributed by atoms with Crippen molar-refractivity contribution in [3.63, 3.8) is 0 Å². The number of oxime groups is 1. The van der Waals surface area contributed by atoms with Gasteiger partial charge in [-0.3, -0.25) is 4.90 Å². The zero-order valence-corrected chi connectivity index (χ0v) is 11.1. The van der Waals surface area contributed by atoms with Crippen LogP contribution >= 0.6 is 12.4 Å². The molecule has 1 aliphatic rings. The van der Waals surface area contributed by atoms with Crippen molar-refractivity contribution >= 4 is 18.6 Å². The van der Waals surface area contributed by atoms with Crippen LogP contribution < -0.4 is 4.74 Å². The molecule has 0 bridgehead atoms. The Morgan fingerprint density at radius 1 is 1.22 bits per heavy atom. The van der Waals surface area contributed by atoms with Crippen LogP contribution in [0.1, 0.15) is 18.4 Å². The summed E-state index contributed by atoms with van der Waals surface area (Å²) in [7, 11) is 0. The minimum Gasteiger partial charge on any atom is -0.492 e. The topological polar surface area (TPSA) is 45.1 Å². The van der Waals surface area contributed by atoms with Crippen molar-refractivity contribution in [3.05, 3.63) is 29.8 Å². The van der Waals surface area contributed by atoms with Gasteiger partial charge in [-0.1, -0.05) is 5.16 Å². The highest BCUT2D eigenvalue weighted by Gasteiger charge is 2.10. The smallest absolute Gasteiger partial charge is 0.119 e. The van der Waals surface area contributed by atoms with Gasteiger partial charge in [0.05, 0.1) is 6.21 Å². The number of nitrogens with zero attached hydrogens (tertiary/aromatic N) is 2. The lowest BCUT2D eigenvalue weighted by atomic mass is 10.2. The summed E-state index contributed by atoms with van der Waals surface area (Å²) in [5.74, 6) is 0.860. The Labute approximate surface area is 114 Å². The van der Waals surface area contributed by atoms with E-state index in [1.165, 1.54) is 32.1 Å². The third-order valence-corrected chi connectivity index (χ3v) is 2.96. The summed E-state index contributed by atoms with van der Waals surface area (Å²) in [5, 5.41) is 11.4. The number of hydrogen-bond donors (Lipinski definition) is 1. The molecule has 18 heavy (non-hydrogen) atoms. The first-order valence-electron chi connectivity index (χ1n) is 6.01. The molecular formula is C13H19ClN2O2. The van der Waals surface area contributed by atoms with Gasteiger partial charge in [-0.05, 0) is 55.8 Å². The number of likely N-dealkylation sites (tertiary alicyclic amines) is 1. The molecule has 5 heteroatoms. The van der Waals surface area contributed by atoms with E-state index in [1.54, 1.807) is 0 Å². The first-order valence-corrected chi connectivity index (χ1v) is 6.01. The second-order valence-electron chi connectivity index (χ2n) is 4.21. The molecule has 2 rings (SSSR count). The Morgan fingerprint density at radius 2 is 1.89 bits per heavy atom. The summed E-state index contributed by atoms with van der Waals surface area (Å²) in [6.07, 6.45) is 4.03. The minimum atomic E-state index is 0. The molecule has 1 heterocycles. The second kappa shape index (κ2) is 7.95. The van der Waals surface area contributed by atoms with Crippen LogP contribution in [0.4, 0.5) is 0 Å². The van der Waals surface area contributed by atoms with Gasteiger partial charge in [-0.15, -0.1) is 12.4 Å². The summed E-state index contributed by atoms with van der Waals surface area (Å²) in [4.78, 5) is 2.42. The van der Waals surface area contributed by atoms with Crippen LogP contribution in [0.3, 0.4) is 0 Å². The molecule has 1 N–H and O–H groups in total. The van der Waals surface area contributed by atoms with Crippen LogP contribution in [-0.2, 0) is 0 Å². The first-order chi connectivity index (χ1) is 8.38. The quantitative estimate of drug-likeness (QED) is 0.508. The van der Waals surface area contributed by atoms with Gasteiger partial charge in [0.2, 0.25) is 0 Å². The number of hydrogen-bond acceptors (Lipinski definition) is 4. The molecule has 0 amide bonds. The van der Waals surface area contributed by atoms with E-state index in [-0.39, 0.29) is 12.4 Å². The van der Waals surface area contributed by atoms with Crippen LogP contribution in [-0.4, -0.2) is 42.6 Å². The lowest BCUT2D eigenvalue weighted by Gasteiger charge is -2.14. The van der Waals surface area contributed by atoms with Gasteiger partial charge in [-0.2, -0.15) is 0 Å². The van der Waals surface area contributed by atoms with Gasteiger partial charge in [0.1, 0.15) is 12.4 Å². The normalized spacial score (nSPS) is 15.8. The Hall–Kier alpha value is -1.26. The van der Waals surface area contributed by atoms with Crippen molar-refractivity contribution < 1.29 is 9.94 Å². The Bertz CT molecular complexity index is 362. The lowest BCUT2D eigenvalue weighted by Crippen LogP contribution is -2.25. The SMILES string of the molecule is Cl.ON=Cc1ccc(OCCN2CCCC2)cc1. The van der Waals surface area contributed by atoms with E-state index in [0.717, 1.165) is 24.5 Å². The van der Waals surface area contributed by atoms with Gasteiger partial charge < -0.3 is 9.94 Å². The molecule has 1 aromatic carbocycles. The maximum atomic E-state index is 8.38. The Balaban J connectivity index is 0.00000162. The van der Waals surface area contributed by atoms with Crippen molar-refractivity contribution in [1.29, 1.82) is 0 Å². The van der Waals surface area contributed by atoms with Gasteiger partial charge in [0, 0.05) is 6.54 Å². The van der Waals surface area contributed by atoms with Gasteiger partial charge in [-0.25, -0.2) is 0 Å². The van der Waals surface area contributed by atoms with Crippen LogP contribution in [0.25, 0.3) is 0 Å². The van der Waals surface area contributed by atoms with E-state index < -0.39 is 0 Å². The van der Waals surface area contributed by atoms with Gasteiger partial charge in [0.15, 0.2) is 0 Å². The standard InChI is InChI=1S/C13H18N2O2.ClH/c16-14-11-12-3-5-13(6-4-12)17-10-9-15-7-1-2-8-15;/h3-6,11,16H,1-2,7-10H2;1H. The fraction of sp³-hybridized carbons (Fsp3) is 0.462. The summed E-state index contributed by atoms with van der Waals surface area (Å²) in [6.45, 7) is 4.14. The third-order valence-electron chi connectivity index (χ3n) is 2.96. The summed E-state index contributed by atoms with van der Waals surface area (Å²) in [5.41, 5.74) is 0.861. The highest BCUT2D eigenvalue weighted by atomic mass is 35.5. The van der Waals surface area contributed by atoms with Crippen LogP contribution in [0.2, 0.25) is 0 Å². The van der Waals surface area contributed by atoms with E-state index in [9.17, 15) is 0 Å². The molecule has 1 aliphatic heterocycles. The maximum Gasteiger partial charge on any atom is 0.119 e. The maximum absolute atomic E-state index is 8.38. The van der Waals surface area contributed by atoms with Crippen LogP contribution in [0.5, 0.6) is 5.75 Å².